The fourth-order valence-electron chi connectivity index (χ4n) is 1.98. The molecule has 0 aliphatic rings. The summed E-state index contributed by atoms with van der Waals surface area (Å²) in [7, 11) is 0. The van der Waals surface area contributed by atoms with Gasteiger partial charge in [-0.2, -0.15) is 0 Å². The summed E-state index contributed by atoms with van der Waals surface area (Å²) < 4.78 is 0. The van der Waals surface area contributed by atoms with Gasteiger partial charge in [0.2, 0.25) is 0 Å². The summed E-state index contributed by atoms with van der Waals surface area (Å²) in [5.41, 5.74) is 10.7. The van der Waals surface area contributed by atoms with Gasteiger partial charge in [-0.05, 0) is 54.3 Å². The van der Waals surface area contributed by atoms with Crippen molar-refractivity contribution < 1.29 is 0 Å². The molecule has 0 heterocycles. The Kier molecular flexibility index (Phi) is 3.51. The second-order valence-corrected chi connectivity index (χ2v) is 4.81. The van der Waals surface area contributed by atoms with Crippen molar-refractivity contribution in [2.45, 2.75) is 19.9 Å². The largest absolute Gasteiger partial charge is 0.324 e. The smallest absolute Gasteiger partial charge is 0.0412 e. The Hall–Kier alpha value is -1.31. The number of aryl methyl sites for hydroxylation is 1. The van der Waals surface area contributed by atoms with Crippen LogP contribution in [0.25, 0.3) is 11.1 Å². The van der Waals surface area contributed by atoms with Crippen LogP contribution >= 0.6 is 11.6 Å². The molecular weight excluding hydrogens is 230 g/mol. The number of nitrogens with two attached hydrogens (primary N) is 1. The summed E-state index contributed by atoms with van der Waals surface area (Å²) in [5.74, 6) is 0. The van der Waals surface area contributed by atoms with Crippen LogP contribution in [0.15, 0.2) is 42.5 Å². The van der Waals surface area contributed by atoms with Crippen LogP contribution in [0, 0.1) is 6.92 Å². The predicted molar refractivity (Wildman–Crippen MR) is 74.2 cm³/mol. The molecule has 0 amide bonds. The van der Waals surface area contributed by atoms with Gasteiger partial charge in [0.15, 0.2) is 0 Å². The van der Waals surface area contributed by atoms with E-state index in [0.717, 1.165) is 16.1 Å². The molecule has 88 valence electrons. The molecule has 0 aromatic heterocycles. The van der Waals surface area contributed by atoms with Gasteiger partial charge in [0, 0.05) is 11.1 Å². The molecule has 1 nitrogen and oxygen atoms in total. The average molecular weight is 246 g/mol. The van der Waals surface area contributed by atoms with E-state index in [0.29, 0.717) is 0 Å². The predicted octanol–water partition coefficient (Wildman–Crippen LogP) is 4.34. The Balaban J connectivity index is 2.50. The zero-order chi connectivity index (χ0) is 12.4. The average Bonchev–Trinajstić information content (AvgIpc) is 2.29. The van der Waals surface area contributed by atoms with Crippen molar-refractivity contribution in [3.8, 4) is 11.1 Å². The molecule has 2 rings (SSSR count). The molecule has 0 aliphatic heterocycles. The van der Waals surface area contributed by atoms with E-state index >= 15 is 0 Å². The quantitative estimate of drug-likeness (QED) is 0.837. The van der Waals surface area contributed by atoms with Crippen molar-refractivity contribution in [3.05, 3.63) is 58.6 Å². The lowest BCUT2D eigenvalue weighted by Gasteiger charge is -2.12. The van der Waals surface area contributed by atoms with Crippen LogP contribution < -0.4 is 5.73 Å². The van der Waals surface area contributed by atoms with Crippen LogP contribution in [0.2, 0.25) is 5.02 Å². The first kappa shape index (κ1) is 12.2. The zero-order valence-electron chi connectivity index (χ0n) is 10.1. The molecule has 2 aromatic carbocycles. The van der Waals surface area contributed by atoms with Gasteiger partial charge in [-0.1, -0.05) is 35.9 Å². The Labute approximate surface area is 107 Å². The van der Waals surface area contributed by atoms with Gasteiger partial charge >= 0.3 is 0 Å². The molecule has 2 heteroatoms. The van der Waals surface area contributed by atoms with Crippen LogP contribution in [-0.4, -0.2) is 0 Å². The standard InChI is InChI=1S/C15H16ClN/c1-10-6-7-13(9-15(10)11(2)17)12-4-3-5-14(16)8-12/h3-9,11H,17H2,1-2H3. The SMILES string of the molecule is Cc1ccc(-c2cccc(Cl)c2)cc1C(C)N. The van der Waals surface area contributed by atoms with Crippen molar-refractivity contribution >= 4 is 11.6 Å². The molecule has 0 bridgehead atoms. The van der Waals surface area contributed by atoms with Crippen LogP contribution in [0.4, 0.5) is 0 Å². The minimum atomic E-state index is 0.0501. The van der Waals surface area contributed by atoms with Gasteiger partial charge in [-0.3, -0.25) is 0 Å². The number of benzene rings is 2. The minimum Gasteiger partial charge on any atom is -0.324 e. The van der Waals surface area contributed by atoms with E-state index < -0.39 is 0 Å². The van der Waals surface area contributed by atoms with E-state index in [2.05, 4.69) is 31.2 Å². The normalized spacial score (nSPS) is 12.5. The molecule has 0 aliphatic carbocycles. The zero-order valence-corrected chi connectivity index (χ0v) is 10.8. The van der Waals surface area contributed by atoms with Crippen molar-refractivity contribution in [2.24, 2.45) is 5.73 Å². The number of halogens is 1. The molecule has 0 saturated carbocycles. The summed E-state index contributed by atoms with van der Waals surface area (Å²) in [6, 6.07) is 14.3. The van der Waals surface area contributed by atoms with Crippen molar-refractivity contribution in [1.82, 2.24) is 0 Å². The molecule has 1 atom stereocenters. The Bertz CT molecular complexity index is 532. The van der Waals surface area contributed by atoms with Gasteiger partial charge in [0.1, 0.15) is 0 Å². The summed E-state index contributed by atoms with van der Waals surface area (Å²) in [4.78, 5) is 0. The van der Waals surface area contributed by atoms with Crippen LogP contribution in [0.5, 0.6) is 0 Å². The second kappa shape index (κ2) is 4.91. The van der Waals surface area contributed by atoms with Gasteiger partial charge in [0.25, 0.3) is 0 Å². The highest BCUT2D eigenvalue weighted by Crippen LogP contribution is 2.26. The van der Waals surface area contributed by atoms with E-state index in [4.69, 9.17) is 17.3 Å². The first-order valence-electron chi connectivity index (χ1n) is 5.70. The van der Waals surface area contributed by atoms with E-state index in [9.17, 15) is 0 Å². The summed E-state index contributed by atoms with van der Waals surface area (Å²) in [6.45, 7) is 4.09. The van der Waals surface area contributed by atoms with Crippen molar-refractivity contribution in [2.75, 3.05) is 0 Å². The van der Waals surface area contributed by atoms with E-state index in [-0.39, 0.29) is 6.04 Å². The minimum absolute atomic E-state index is 0.0501. The van der Waals surface area contributed by atoms with Gasteiger partial charge < -0.3 is 5.73 Å². The number of rotatable bonds is 2. The fourth-order valence-corrected chi connectivity index (χ4v) is 2.17. The monoisotopic (exact) mass is 245 g/mol. The molecule has 17 heavy (non-hydrogen) atoms. The highest BCUT2D eigenvalue weighted by atomic mass is 35.5. The van der Waals surface area contributed by atoms with Crippen LogP contribution in [0.3, 0.4) is 0 Å². The second-order valence-electron chi connectivity index (χ2n) is 4.37. The number of hydrogen-bond donors (Lipinski definition) is 1. The Morgan fingerprint density at radius 2 is 1.76 bits per heavy atom. The number of hydrogen-bond acceptors (Lipinski definition) is 1. The summed E-state index contributed by atoms with van der Waals surface area (Å²) in [5, 5.41) is 0.755. The highest BCUT2D eigenvalue weighted by Gasteiger charge is 2.06. The van der Waals surface area contributed by atoms with Crippen LogP contribution in [-0.2, 0) is 0 Å². The summed E-state index contributed by atoms with van der Waals surface area (Å²) >= 11 is 6.00. The van der Waals surface area contributed by atoms with E-state index in [1.807, 2.05) is 25.1 Å². The molecule has 0 spiro atoms. The topological polar surface area (TPSA) is 26.0 Å². The molecule has 0 saturated heterocycles. The highest BCUT2D eigenvalue weighted by molar-refractivity contribution is 6.30. The van der Waals surface area contributed by atoms with Gasteiger partial charge in [-0.15, -0.1) is 0 Å². The maximum atomic E-state index is 6.00. The van der Waals surface area contributed by atoms with Crippen molar-refractivity contribution in [1.29, 1.82) is 0 Å². The first-order valence-corrected chi connectivity index (χ1v) is 6.08. The molecule has 1 unspecified atom stereocenters. The molecule has 2 N–H and O–H groups in total. The maximum absolute atomic E-state index is 6.00. The van der Waals surface area contributed by atoms with Gasteiger partial charge in [-0.25, -0.2) is 0 Å². The van der Waals surface area contributed by atoms with Crippen molar-refractivity contribution in [3.63, 3.8) is 0 Å². The fraction of sp³-hybridized carbons (Fsp3) is 0.200. The van der Waals surface area contributed by atoms with E-state index in [1.165, 1.54) is 11.1 Å². The maximum Gasteiger partial charge on any atom is 0.0412 e. The van der Waals surface area contributed by atoms with E-state index in [1.54, 1.807) is 0 Å². The molecule has 0 fully saturated rings. The lowest BCUT2D eigenvalue weighted by atomic mass is 9.96. The third kappa shape index (κ3) is 2.68. The molecular formula is C15H16ClN. The summed E-state index contributed by atoms with van der Waals surface area (Å²) in [6.07, 6.45) is 0. The third-order valence-electron chi connectivity index (χ3n) is 2.93. The Morgan fingerprint density at radius 3 is 2.41 bits per heavy atom. The Morgan fingerprint density at radius 1 is 1.06 bits per heavy atom. The molecule has 2 aromatic rings. The lowest BCUT2D eigenvalue weighted by Crippen LogP contribution is -2.06. The lowest BCUT2D eigenvalue weighted by molar-refractivity contribution is 0.810. The third-order valence-corrected chi connectivity index (χ3v) is 3.16. The van der Waals surface area contributed by atoms with Crippen LogP contribution in [0.1, 0.15) is 24.1 Å². The molecule has 0 radical (unpaired) electrons. The van der Waals surface area contributed by atoms with Gasteiger partial charge in [0.05, 0.1) is 0 Å². The first-order chi connectivity index (χ1) is 8.08.